The number of sulfone groups is 1. The van der Waals surface area contributed by atoms with Crippen LogP contribution in [0.2, 0.25) is 0 Å². The zero-order valence-electron chi connectivity index (χ0n) is 7.61. The summed E-state index contributed by atoms with van der Waals surface area (Å²) in [5.74, 6) is 0.239. The third kappa shape index (κ3) is 1.95. The Morgan fingerprint density at radius 1 is 1.21 bits per heavy atom. The monoisotopic (exact) mass is 214 g/mol. The number of halogens is 1. The molecule has 1 saturated heterocycles. The van der Waals surface area contributed by atoms with Gasteiger partial charge in [0.2, 0.25) is 0 Å². The van der Waals surface area contributed by atoms with E-state index in [2.05, 4.69) is 0 Å². The van der Waals surface area contributed by atoms with Crippen LogP contribution in [0.1, 0.15) is 17.9 Å². The van der Waals surface area contributed by atoms with Crippen molar-refractivity contribution >= 4 is 9.84 Å². The highest BCUT2D eigenvalue weighted by atomic mass is 32.2. The Kier molecular flexibility index (Phi) is 2.31. The van der Waals surface area contributed by atoms with Crippen molar-refractivity contribution in [3.05, 3.63) is 35.6 Å². The maximum atomic E-state index is 12.6. The molecule has 0 N–H and O–H groups in total. The molecule has 1 aromatic rings. The molecule has 0 aromatic heterocycles. The molecule has 4 heteroatoms. The molecule has 76 valence electrons. The maximum absolute atomic E-state index is 12.6. The van der Waals surface area contributed by atoms with Crippen LogP contribution in [0, 0.1) is 5.82 Å². The summed E-state index contributed by atoms with van der Waals surface area (Å²) < 4.78 is 35.0. The molecular formula is C10H11FO2S. The van der Waals surface area contributed by atoms with Crippen molar-refractivity contribution in [2.75, 3.05) is 11.5 Å². The lowest BCUT2D eigenvalue weighted by atomic mass is 9.99. The van der Waals surface area contributed by atoms with E-state index in [1.54, 1.807) is 12.1 Å². The second-order valence-electron chi connectivity index (χ2n) is 3.65. The lowest BCUT2D eigenvalue weighted by Crippen LogP contribution is -2.03. The Morgan fingerprint density at radius 2 is 1.86 bits per heavy atom. The predicted octanol–water partition coefficient (Wildman–Crippen LogP) is 1.73. The van der Waals surface area contributed by atoms with Gasteiger partial charge in [0.1, 0.15) is 5.82 Å². The molecule has 0 radical (unpaired) electrons. The molecule has 1 aliphatic rings. The van der Waals surface area contributed by atoms with Gasteiger partial charge < -0.3 is 0 Å². The number of hydrogen-bond acceptors (Lipinski definition) is 2. The van der Waals surface area contributed by atoms with E-state index in [0.29, 0.717) is 6.42 Å². The fourth-order valence-electron chi connectivity index (χ4n) is 1.79. The topological polar surface area (TPSA) is 34.1 Å². The standard InChI is InChI=1S/C10H11FO2S/c11-10-3-1-8(2-4-10)9-5-6-14(12,13)7-9/h1-4,9H,5-7H2/t9-/m0/s1. The van der Waals surface area contributed by atoms with Gasteiger partial charge in [-0.1, -0.05) is 12.1 Å². The first kappa shape index (κ1) is 9.65. The third-order valence-electron chi connectivity index (χ3n) is 2.57. The van der Waals surface area contributed by atoms with Crippen molar-refractivity contribution in [3.63, 3.8) is 0 Å². The van der Waals surface area contributed by atoms with E-state index in [0.717, 1.165) is 5.56 Å². The van der Waals surface area contributed by atoms with Gasteiger partial charge in [-0.3, -0.25) is 0 Å². The molecule has 2 nitrogen and oxygen atoms in total. The summed E-state index contributed by atoms with van der Waals surface area (Å²) in [5.41, 5.74) is 0.924. The SMILES string of the molecule is O=S1(=O)CC[C@H](c2ccc(F)cc2)C1. The summed E-state index contributed by atoms with van der Waals surface area (Å²) in [6.45, 7) is 0. The summed E-state index contributed by atoms with van der Waals surface area (Å²) in [6.07, 6.45) is 0.661. The van der Waals surface area contributed by atoms with E-state index >= 15 is 0 Å². The average molecular weight is 214 g/mol. The minimum absolute atomic E-state index is 0.0561. The van der Waals surface area contributed by atoms with Gasteiger partial charge >= 0.3 is 0 Å². The first-order valence-electron chi connectivity index (χ1n) is 4.53. The van der Waals surface area contributed by atoms with Crippen LogP contribution in [0.15, 0.2) is 24.3 Å². The highest BCUT2D eigenvalue weighted by Crippen LogP contribution is 2.28. The van der Waals surface area contributed by atoms with Gasteiger partial charge in [0.25, 0.3) is 0 Å². The highest BCUT2D eigenvalue weighted by molar-refractivity contribution is 7.91. The molecule has 14 heavy (non-hydrogen) atoms. The van der Waals surface area contributed by atoms with Crippen LogP contribution in [0.25, 0.3) is 0 Å². The molecule has 2 rings (SSSR count). The van der Waals surface area contributed by atoms with Crippen molar-refractivity contribution in [2.45, 2.75) is 12.3 Å². The van der Waals surface area contributed by atoms with Gasteiger partial charge in [0, 0.05) is 0 Å². The summed E-state index contributed by atoms with van der Waals surface area (Å²) in [7, 11) is -2.85. The van der Waals surface area contributed by atoms with Crippen LogP contribution in [0.3, 0.4) is 0 Å². The Bertz CT molecular complexity index is 422. The van der Waals surface area contributed by atoms with E-state index in [1.165, 1.54) is 12.1 Å². The fraction of sp³-hybridized carbons (Fsp3) is 0.400. The number of rotatable bonds is 1. The van der Waals surface area contributed by atoms with Crippen LogP contribution < -0.4 is 0 Å². The van der Waals surface area contributed by atoms with Crippen molar-refractivity contribution in [1.29, 1.82) is 0 Å². The molecule has 1 heterocycles. The van der Waals surface area contributed by atoms with Gasteiger partial charge in [0.05, 0.1) is 11.5 Å². The van der Waals surface area contributed by atoms with Gasteiger partial charge in [-0.05, 0) is 30.0 Å². The minimum Gasteiger partial charge on any atom is -0.229 e. The highest BCUT2D eigenvalue weighted by Gasteiger charge is 2.28. The van der Waals surface area contributed by atoms with E-state index in [9.17, 15) is 12.8 Å². The van der Waals surface area contributed by atoms with Crippen LogP contribution in [-0.4, -0.2) is 19.9 Å². The molecule has 1 atom stereocenters. The lowest BCUT2D eigenvalue weighted by Gasteiger charge is -2.06. The molecule has 0 spiro atoms. The summed E-state index contributed by atoms with van der Waals surface area (Å²) in [4.78, 5) is 0. The molecule has 1 aliphatic heterocycles. The number of benzene rings is 1. The zero-order valence-corrected chi connectivity index (χ0v) is 8.43. The minimum atomic E-state index is -2.85. The molecule has 1 fully saturated rings. The van der Waals surface area contributed by atoms with Crippen molar-refractivity contribution in [1.82, 2.24) is 0 Å². The molecular weight excluding hydrogens is 203 g/mol. The first-order chi connectivity index (χ1) is 6.57. The third-order valence-corrected chi connectivity index (χ3v) is 4.34. The Morgan fingerprint density at radius 3 is 2.36 bits per heavy atom. The molecule has 0 bridgehead atoms. The normalized spacial score (nSPS) is 25.1. The van der Waals surface area contributed by atoms with E-state index in [4.69, 9.17) is 0 Å². The van der Waals surface area contributed by atoms with Crippen LogP contribution in [0.5, 0.6) is 0 Å². The van der Waals surface area contributed by atoms with E-state index in [-0.39, 0.29) is 23.2 Å². The van der Waals surface area contributed by atoms with Gasteiger partial charge in [-0.15, -0.1) is 0 Å². The van der Waals surface area contributed by atoms with Crippen LogP contribution in [-0.2, 0) is 9.84 Å². The quantitative estimate of drug-likeness (QED) is 0.713. The van der Waals surface area contributed by atoms with Crippen molar-refractivity contribution < 1.29 is 12.8 Å². The second kappa shape index (κ2) is 3.35. The molecule has 0 amide bonds. The number of hydrogen-bond donors (Lipinski definition) is 0. The van der Waals surface area contributed by atoms with Gasteiger partial charge in [0.15, 0.2) is 9.84 Å². The Hall–Kier alpha value is -0.900. The average Bonchev–Trinajstić information content (AvgIpc) is 2.47. The Labute approximate surface area is 82.7 Å². The van der Waals surface area contributed by atoms with Gasteiger partial charge in [-0.25, -0.2) is 12.8 Å². The van der Waals surface area contributed by atoms with Crippen molar-refractivity contribution in [2.24, 2.45) is 0 Å². The zero-order chi connectivity index (χ0) is 10.2. The maximum Gasteiger partial charge on any atom is 0.150 e. The predicted molar refractivity (Wildman–Crippen MR) is 52.4 cm³/mol. The first-order valence-corrected chi connectivity index (χ1v) is 6.35. The largest absolute Gasteiger partial charge is 0.229 e. The van der Waals surface area contributed by atoms with Crippen LogP contribution >= 0.6 is 0 Å². The van der Waals surface area contributed by atoms with E-state index < -0.39 is 9.84 Å². The summed E-state index contributed by atoms with van der Waals surface area (Å²) in [5, 5.41) is 0. The van der Waals surface area contributed by atoms with Crippen LogP contribution in [0.4, 0.5) is 4.39 Å². The smallest absolute Gasteiger partial charge is 0.150 e. The molecule has 0 aliphatic carbocycles. The molecule has 1 aromatic carbocycles. The summed E-state index contributed by atoms with van der Waals surface area (Å²) in [6, 6.07) is 6.09. The van der Waals surface area contributed by atoms with Gasteiger partial charge in [-0.2, -0.15) is 0 Å². The lowest BCUT2D eigenvalue weighted by molar-refractivity contribution is 0.601. The Balaban J connectivity index is 2.22. The second-order valence-corrected chi connectivity index (χ2v) is 5.88. The fourth-order valence-corrected chi connectivity index (χ4v) is 3.58. The molecule has 0 saturated carbocycles. The summed E-state index contributed by atoms with van der Waals surface area (Å²) >= 11 is 0. The molecule has 0 unspecified atom stereocenters. The van der Waals surface area contributed by atoms with E-state index in [1.807, 2.05) is 0 Å². The van der Waals surface area contributed by atoms with Crippen molar-refractivity contribution in [3.8, 4) is 0 Å².